The Labute approximate surface area is 116 Å². The van der Waals surface area contributed by atoms with Crippen LogP contribution in [-0.2, 0) is 0 Å². The van der Waals surface area contributed by atoms with Gasteiger partial charge in [-0.05, 0) is 37.0 Å². The minimum absolute atomic E-state index is 0.0565. The lowest BCUT2D eigenvalue weighted by Crippen LogP contribution is -2.24. The quantitative estimate of drug-likeness (QED) is 0.626. The Balaban J connectivity index is 2.30. The molecule has 0 bridgehead atoms. The van der Waals surface area contributed by atoms with Crippen LogP contribution < -0.4 is 5.32 Å². The van der Waals surface area contributed by atoms with E-state index in [4.69, 9.17) is 11.6 Å². The molecule has 2 nitrogen and oxygen atoms in total. The van der Waals surface area contributed by atoms with E-state index in [1.165, 1.54) is 0 Å². The molecular formula is C13H17BrClNO. The zero-order valence-electron chi connectivity index (χ0n) is 9.88. The Morgan fingerprint density at radius 3 is 2.94 bits per heavy atom. The molecule has 0 saturated carbocycles. The van der Waals surface area contributed by atoms with Crippen molar-refractivity contribution in [2.75, 3.05) is 11.9 Å². The number of amides is 1. The Hall–Kier alpha value is -0.540. The number of benzene rings is 1. The normalized spacial score (nSPS) is 12.2. The molecule has 1 N–H and O–H groups in total. The second kappa shape index (κ2) is 7.72. The third kappa shape index (κ3) is 5.55. The maximum Gasteiger partial charge on any atom is 0.251 e. The molecule has 0 fully saturated rings. The number of rotatable bonds is 6. The van der Waals surface area contributed by atoms with Crippen LogP contribution >= 0.6 is 27.5 Å². The second-order valence-electron chi connectivity index (χ2n) is 4.17. The first kappa shape index (κ1) is 14.5. The van der Waals surface area contributed by atoms with Crippen LogP contribution in [0.4, 0.5) is 0 Å². The summed E-state index contributed by atoms with van der Waals surface area (Å²) in [6.45, 7) is 2.90. The van der Waals surface area contributed by atoms with Crippen molar-refractivity contribution < 1.29 is 4.79 Å². The first-order valence-corrected chi connectivity index (χ1v) is 7.23. The van der Waals surface area contributed by atoms with Gasteiger partial charge in [-0.2, -0.15) is 0 Å². The molecule has 1 rings (SSSR count). The lowest BCUT2D eigenvalue weighted by atomic mass is 10.1. The van der Waals surface area contributed by atoms with Crippen molar-refractivity contribution in [1.82, 2.24) is 5.32 Å². The minimum atomic E-state index is -0.0565. The summed E-state index contributed by atoms with van der Waals surface area (Å²) in [5, 5.41) is 4.49. The summed E-state index contributed by atoms with van der Waals surface area (Å²) in [6.07, 6.45) is 2.11. The molecule has 94 valence electrons. The zero-order valence-corrected chi connectivity index (χ0v) is 12.2. The van der Waals surface area contributed by atoms with Gasteiger partial charge in [0.2, 0.25) is 0 Å². The average Bonchev–Trinajstić information content (AvgIpc) is 2.34. The van der Waals surface area contributed by atoms with Crippen molar-refractivity contribution in [3.8, 4) is 0 Å². The number of hydrogen-bond acceptors (Lipinski definition) is 1. The highest BCUT2D eigenvalue weighted by molar-refractivity contribution is 9.09. The highest BCUT2D eigenvalue weighted by atomic mass is 79.9. The summed E-state index contributed by atoms with van der Waals surface area (Å²) >= 11 is 9.26. The SMILES string of the molecule is CC(CBr)CCCNC(=O)c1cccc(Cl)c1. The van der Waals surface area contributed by atoms with Crippen LogP contribution in [0, 0.1) is 5.92 Å². The van der Waals surface area contributed by atoms with Crippen LogP contribution in [0.1, 0.15) is 30.1 Å². The van der Waals surface area contributed by atoms with Crippen LogP contribution in [0.25, 0.3) is 0 Å². The highest BCUT2D eigenvalue weighted by Crippen LogP contribution is 2.11. The van der Waals surface area contributed by atoms with Crippen molar-refractivity contribution in [1.29, 1.82) is 0 Å². The van der Waals surface area contributed by atoms with Gasteiger partial charge in [-0.15, -0.1) is 0 Å². The molecular weight excluding hydrogens is 302 g/mol. The zero-order chi connectivity index (χ0) is 12.7. The van der Waals surface area contributed by atoms with E-state index in [0.29, 0.717) is 23.0 Å². The van der Waals surface area contributed by atoms with E-state index < -0.39 is 0 Å². The van der Waals surface area contributed by atoms with Crippen molar-refractivity contribution in [3.63, 3.8) is 0 Å². The van der Waals surface area contributed by atoms with Gasteiger partial charge in [0, 0.05) is 22.5 Å². The molecule has 0 heterocycles. The van der Waals surface area contributed by atoms with Crippen LogP contribution in [0.2, 0.25) is 5.02 Å². The standard InChI is InChI=1S/C13H17BrClNO/c1-10(9-14)4-3-7-16-13(17)11-5-2-6-12(15)8-11/h2,5-6,8,10H,3-4,7,9H2,1H3,(H,16,17). The number of carbonyl (C=O) groups is 1. The molecule has 0 aliphatic heterocycles. The fourth-order valence-corrected chi connectivity index (χ4v) is 1.98. The van der Waals surface area contributed by atoms with E-state index >= 15 is 0 Å². The number of alkyl halides is 1. The first-order valence-electron chi connectivity index (χ1n) is 5.73. The molecule has 4 heteroatoms. The predicted octanol–water partition coefficient (Wildman–Crippen LogP) is 3.88. The number of halogens is 2. The Kier molecular flexibility index (Phi) is 6.60. The third-order valence-corrected chi connectivity index (χ3v) is 3.85. The molecule has 0 saturated heterocycles. The van der Waals surface area contributed by atoms with Gasteiger partial charge in [-0.25, -0.2) is 0 Å². The highest BCUT2D eigenvalue weighted by Gasteiger charge is 2.05. The number of carbonyl (C=O) groups excluding carboxylic acids is 1. The van der Waals surface area contributed by atoms with Crippen LogP contribution in [-0.4, -0.2) is 17.8 Å². The molecule has 0 aliphatic rings. The largest absolute Gasteiger partial charge is 0.352 e. The minimum Gasteiger partial charge on any atom is -0.352 e. The summed E-state index contributed by atoms with van der Waals surface area (Å²) in [5.41, 5.74) is 0.617. The van der Waals surface area contributed by atoms with Gasteiger partial charge in [0.1, 0.15) is 0 Å². The summed E-state index contributed by atoms with van der Waals surface area (Å²) in [4.78, 5) is 11.7. The van der Waals surface area contributed by atoms with Crippen molar-refractivity contribution >= 4 is 33.4 Å². The first-order chi connectivity index (χ1) is 8.13. The Morgan fingerprint density at radius 2 is 2.29 bits per heavy atom. The predicted molar refractivity (Wildman–Crippen MR) is 76.0 cm³/mol. The average molecular weight is 319 g/mol. The Bertz CT molecular complexity index is 370. The molecule has 17 heavy (non-hydrogen) atoms. The summed E-state index contributed by atoms with van der Waals surface area (Å²) in [6, 6.07) is 6.99. The van der Waals surface area contributed by atoms with Gasteiger partial charge < -0.3 is 5.32 Å². The summed E-state index contributed by atoms with van der Waals surface area (Å²) in [7, 11) is 0. The lowest BCUT2D eigenvalue weighted by molar-refractivity contribution is 0.0952. The summed E-state index contributed by atoms with van der Waals surface area (Å²) < 4.78 is 0. The van der Waals surface area contributed by atoms with Gasteiger partial charge in [-0.1, -0.05) is 40.5 Å². The number of hydrogen-bond donors (Lipinski definition) is 1. The fraction of sp³-hybridized carbons (Fsp3) is 0.462. The molecule has 0 radical (unpaired) electrons. The molecule has 1 aromatic rings. The van der Waals surface area contributed by atoms with Crippen LogP contribution in [0.3, 0.4) is 0 Å². The lowest BCUT2D eigenvalue weighted by Gasteiger charge is -2.08. The molecule has 0 aromatic heterocycles. The van der Waals surface area contributed by atoms with E-state index in [9.17, 15) is 4.79 Å². The van der Waals surface area contributed by atoms with Crippen molar-refractivity contribution in [3.05, 3.63) is 34.9 Å². The van der Waals surface area contributed by atoms with Gasteiger partial charge in [0.15, 0.2) is 0 Å². The van der Waals surface area contributed by atoms with Gasteiger partial charge in [0.25, 0.3) is 5.91 Å². The topological polar surface area (TPSA) is 29.1 Å². The molecule has 1 aromatic carbocycles. The van der Waals surface area contributed by atoms with E-state index in [1.807, 2.05) is 0 Å². The van der Waals surface area contributed by atoms with Crippen LogP contribution in [0.15, 0.2) is 24.3 Å². The maximum absolute atomic E-state index is 11.7. The van der Waals surface area contributed by atoms with Crippen molar-refractivity contribution in [2.24, 2.45) is 5.92 Å². The Morgan fingerprint density at radius 1 is 1.53 bits per heavy atom. The van der Waals surface area contributed by atoms with Crippen LogP contribution in [0.5, 0.6) is 0 Å². The van der Waals surface area contributed by atoms with E-state index in [2.05, 4.69) is 28.2 Å². The maximum atomic E-state index is 11.7. The van der Waals surface area contributed by atoms with E-state index in [1.54, 1.807) is 24.3 Å². The third-order valence-electron chi connectivity index (χ3n) is 2.51. The molecule has 0 spiro atoms. The smallest absolute Gasteiger partial charge is 0.251 e. The molecule has 1 amide bonds. The monoisotopic (exact) mass is 317 g/mol. The molecule has 1 unspecified atom stereocenters. The van der Waals surface area contributed by atoms with Gasteiger partial charge in [-0.3, -0.25) is 4.79 Å². The molecule has 0 aliphatic carbocycles. The van der Waals surface area contributed by atoms with Gasteiger partial charge >= 0.3 is 0 Å². The van der Waals surface area contributed by atoms with Crippen molar-refractivity contribution in [2.45, 2.75) is 19.8 Å². The number of nitrogens with one attached hydrogen (secondary N) is 1. The molecule has 1 atom stereocenters. The summed E-state index contributed by atoms with van der Waals surface area (Å²) in [5.74, 6) is 0.595. The second-order valence-corrected chi connectivity index (χ2v) is 5.25. The fourth-order valence-electron chi connectivity index (χ4n) is 1.46. The van der Waals surface area contributed by atoms with E-state index in [-0.39, 0.29) is 5.91 Å². The van der Waals surface area contributed by atoms with Gasteiger partial charge in [0.05, 0.1) is 0 Å². The van der Waals surface area contributed by atoms with E-state index in [0.717, 1.165) is 18.2 Å².